The van der Waals surface area contributed by atoms with Gasteiger partial charge in [0.1, 0.15) is 10.8 Å². The van der Waals surface area contributed by atoms with Crippen molar-refractivity contribution in [2.75, 3.05) is 5.32 Å². The molecule has 0 spiro atoms. The molecular weight excluding hydrogens is 264 g/mol. The number of anilines is 1. The Morgan fingerprint density at radius 3 is 2.72 bits per heavy atom. The number of hydrogen-bond acceptors (Lipinski definition) is 6. The highest BCUT2D eigenvalue weighted by Gasteiger charge is 2.12. The second kappa shape index (κ2) is 5.75. The fourth-order valence-electron chi connectivity index (χ4n) is 1.58. The smallest absolute Gasteiger partial charge is 0.203 e. The Labute approximate surface area is 116 Å². The number of nitrogens with one attached hydrogen (secondary N) is 1. The van der Waals surface area contributed by atoms with Crippen LogP contribution in [0.15, 0.2) is 6.20 Å². The van der Waals surface area contributed by atoms with Crippen molar-refractivity contribution < 1.29 is 0 Å². The van der Waals surface area contributed by atoms with E-state index in [4.69, 9.17) is 0 Å². The van der Waals surface area contributed by atoms with Crippen molar-refractivity contribution in [3.8, 4) is 0 Å². The average Bonchev–Trinajstić information content (AvgIpc) is 2.87. The second-order valence-corrected chi connectivity index (χ2v) is 6.81. The first-order valence-corrected chi connectivity index (χ1v) is 7.65. The fourth-order valence-corrected chi connectivity index (χ4v) is 3.04. The van der Waals surface area contributed by atoms with Gasteiger partial charge in [0.05, 0.1) is 6.04 Å². The van der Waals surface area contributed by atoms with Crippen LogP contribution in [0.4, 0.5) is 5.13 Å². The Bertz CT molecular complexity index is 504. The summed E-state index contributed by atoms with van der Waals surface area (Å²) >= 11 is 3.14. The van der Waals surface area contributed by atoms with Crippen molar-refractivity contribution in [1.29, 1.82) is 0 Å². The van der Waals surface area contributed by atoms with Gasteiger partial charge in [-0.05, 0) is 19.8 Å². The number of aromatic nitrogens is 3. The molecule has 2 aromatic rings. The maximum atomic E-state index is 4.50. The van der Waals surface area contributed by atoms with Gasteiger partial charge in [0, 0.05) is 29.0 Å². The van der Waals surface area contributed by atoms with Gasteiger partial charge >= 0.3 is 0 Å². The zero-order valence-corrected chi connectivity index (χ0v) is 12.7. The minimum absolute atomic E-state index is 0.184. The minimum atomic E-state index is 0.184. The van der Waals surface area contributed by atoms with E-state index in [-0.39, 0.29) is 6.04 Å². The summed E-state index contributed by atoms with van der Waals surface area (Å²) in [5.74, 6) is 1.52. The van der Waals surface area contributed by atoms with Gasteiger partial charge in [-0.25, -0.2) is 9.97 Å². The van der Waals surface area contributed by atoms with Crippen LogP contribution in [0.1, 0.15) is 42.5 Å². The Kier molecular flexibility index (Phi) is 4.29. The van der Waals surface area contributed by atoms with Gasteiger partial charge < -0.3 is 5.32 Å². The zero-order valence-electron chi connectivity index (χ0n) is 11.1. The molecule has 98 valence electrons. The quantitative estimate of drug-likeness (QED) is 0.909. The van der Waals surface area contributed by atoms with E-state index < -0.39 is 0 Å². The van der Waals surface area contributed by atoms with Gasteiger partial charge in [-0.3, -0.25) is 0 Å². The monoisotopic (exact) mass is 282 g/mol. The molecule has 0 aliphatic rings. The molecule has 0 saturated heterocycles. The van der Waals surface area contributed by atoms with Crippen LogP contribution < -0.4 is 5.32 Å². The molecule has 2 heterocycles. The zero-order chi connectivity index (χ0) is 13.1. The summed E-state index contributed by atoms with van der Waals surface area (Å²) in [5.41, 5.74) is 0. The number of hydrogen-bond donors (Lipinski definition) is 1. The summed E-state index contributed by atoms with van der Waals surface area (Å²) in [5, 5.41) is 5.33. The molecule has 6 heteroatoms. The average molecular weight is 282 g/mol. The van der Waals surface area contributed by atoms with E-state index in [9.17, 15) is 0 Å². The first kappa shape index (κ1) is 13.4. The van der Waals surface area contributed by atoms with Crippen molar-refractivity contribution in [1.82, 2.24) is 14.3 Å². The van der Waals surface area contributed by atoms with Gasteiger partial charge in [-0.2, -0.15) is 4.37 Å². The molecule has 0 aromatic carbocycles. The Morgan fingerprint density at radius 2 is 2.11 bits per heavy atom. The summed E-state index contributed by atoms with van der Waals surface area (Å²) in [6, 6.07) is 0.184. The van der Waals surface area contributed by atoms with E-state index in [2.05, 4.69) is 47.4 Å². The molecule has 0 radical (unpaired) electrons. The van der Waals surface area contributed by atoms with Crippen molar-refractivity contribution in [3.63, 3.8) is 0 Å². The molecule has 0 fully saturated rings. The summed E-state index contributed by atoms with van der Waals surface area (Å²) in [7, 11) is 0. The maximum absolute atomic E-state index is 4.50. The van der Waals surface area contributed by atoms with E-state index in [1.165, 1.54) is 16.4 Å². The van der Waals surface area contributed by atoms with Crippen LogP contribution in [0.2, 0.25) is 0 Å². The number of aryl methyl sites for hydroxylation is 1. The number of nitrogens with zero attached hydrogens (tertiary/aromatic N) is 3. The molecule has 18 heavy (non-hydrogen) atoms. The van der Waals surface area contributed by atoms with Gasteiger partial charge in [0.25, 0.3) is 0 Å². The second-order valence-electron chi connectivity index (χ2n) is 4.79. The first-order valence-electron chi connectivity index (χ1n) is 6.06. The molecule has 4 nitrogen and oxygen atoms in total. The molecule has 1 atom stereocenters. The fraction of sp³-hybridized carbons (Fsp3) is 0.583. The van der Waals surface area contributed by atoms with Crippen molar-refractivity contribution in [2.24, 2.45) is 5.92 Å². The predicted octanol–water partition coefficient (Wildman–Crippen LogP) is 3.67. The number of thiazole rings is 1. The molecule has 2 aromatic heterocycles. The normalized spacial score (nSPS) is 12.9. The Morgan fingerprint density at radius 1 is 1.33 bits per heavy atom. The highest BCUT2D eigenvalue weighted by Crippen LogP contribution is 2.24. The van der Waals surface area contributed by atoms with Crippen molar-refractivity contribution in [3.05, 3.63) is 21.9 Å². The largest absolute Gasteiger partial charge is 0.351 e. The molecule has 0 aliphatic heterocycles. The summed E-state index contributed by atoms with van der Waals surface area (Å²) in [4.78, 5) is 10.1. The Balaban J connectivity index is 1.98. The lowest BCUT2D eigenvalue weighted by Gasteiger charge is -2.08. The topological polar surface area (TPSA) is 50.7 Å². The van der Waals surface area contributed by atoms with Crippen molar-refractivity contribution >= 4 is 28.0 Å². The van der Waals surface area contributed by atoms with Crippen LogP contribution in [-0.2, 0) is 6.42 Å². The van der Waals surface area contributed by atoms with E-state index in [0.29, 0.717) is 5.92 Å². The van der Waals surface area contributed by atoms with Gasteiger partial charge in [0.15, 0.2) is 0 Å². The van der Waals surface area contributed by atoms with Gasteiger partial charge in [0.2, 0.25) is 5.13 Å². The lowest BCUT2D eigenvalue weighted by Crippen LogP contribution is -2.06. The SMILES string of the molecule is Cc1cnc(C(C)Nc2nc(CC(C)C)ns2)s1. The highest BCUT2D eigenvalue weighted by atomic mass is 32.1. The van der Waals surface area contributed by atoms with Crippen LogP contribution in [-0.4, -0.2) is 14.3 Å². The molecule has 0 saturated carbocycles. The molecule has 0 amide bonds. The molecule has 2 rings (SSSR count). The summed E-state index contributed by atoms with van der Waals surface area (Å²) in [6.07, 6.45) is 2.84. The minimum Gasteiger partial charge on any atom is -0.351 e. The van der Waals surface area contributed by atoms with Crippen LogP contribution in [0.5, 0.6) is 0 Å². The molecule has 1 unspecified atom stereocenters. The molecule has 0 aliphatic carbocycles. The third-order valence-corrected chi connectivity index (χ3v) is 4.19. The van der Waals surface area contributed by atoms with E-state index >= 15 is 0 Å². The Hall–Kier alpha value is -1.01. The maximum Gasteiger partial charge on any atom is 0.203 e. The molecular formula is C12H18N4S2. The van der Waals surface area contributed by atoms with Gasteiger partial charge in [-0.1, -0.05) is 13.8 Å². The van der Waals surface area contributed by atoms with Crippen LogP contribution >= 0.6 is 22.9 Å². The molecule has 1 N–H and O–H groups in total. The standard InChI is InChI=1S/C12H18N4S2/c1-7(2)5-10-15-12(18-16-10)14-9(4)11-13-6-8(3)17-11/h6-7,9H,5H2,1-4H3,(H,14,15,16). The summed E-state index contributed by atoms with van der Waals surface area (Å²) < 4.78 is 4.36. The van der Waals surface area contributed by atoms with Gasteiger partial charge in [-0.15, -0.1) is 11.3 Å². The number of rotatable bonds is 5. The lowest BCUT2D eigenvalue weighted by molar-refractivity contribution is 0.627. The summed E-state index contributed by atoms with van der Waals surface area (Å²) in [6.45, 7) is 8.52. The van der Waals surface area contributed by atoms with E-state index in [0.717, 1.165) is 22.4 Å². The van der Waals surface area contributed by atoms with E-state index in [1.54, 1.807) is 11.3 Å². The van der Waals surface area contributed by atoms with Crippen LogP contribution in [0, 0.1) is 12.8 Å². The third kappa shape index (κ3) is 3.49. The third-order valence-electron chi connectivity index (χ3n) is 2.41. The van der Waals surface area contributed by atoms with E-state index in [1.807, 2.05) is 6.20 Å². The van der Waals surface area contributed by atoms with Crippen molar-refractivity contribution in [2.45, 2.75) is 40.2 Å². The first-order chi connectivity index (χ1) is 8.54. The molecule has 0 bridgehead atoms. The highest BCUT2D eigenvalue weighted by molar-refractivity contribution is 7.11. The predicted molar refractivity (Wildman–Crippen MR) is 77.3 cm³/mol. The van der Waals surface area contributed by atoms with Crippen LogP contribution in [0.25, 0.3) is 0 Å². The lowest BCUT2D eigenvalue weighted by atomic mass is 10.1. The van der Waals surface area contributed by atoms with Crippen LogP contribution in [0.3, 0.4) is 0 Å².